The molecule has 0 saturated heterocycles. The Balaban J connectivity index is 1.69. The molecule has 3 rings (SSSR count). The number of nitrogens with one attached hydrogen (secondary N) is 1. The van der Waals surface area contributed by atoms with E-state index in [2.05, 4.69) is 17.2 Å². The van der Waals surface area contributed by atoms with Crippen molar-refractivity contribution in [3.05, 3.63) is 66.6 Å². The molecule has 0 aliphatic rings. The fourth-order valence-electron chi connectivity index (χ4n) is 2.80. The second-order valence-electron chi connectivity index (χ2n) is 6.51. The molecular weight excluding hydrogens is 368 g/mol. The van der Waals surface area contributed by atoms with E-state index in [1.54, 1.807) is 12.4 Å². The number of carbonyl (C=O) groups excluding carboxylic acids is 1. The van der Waals surface area contributed by atoms with Gasteiger partial charge in [0.1, 0.15) is 0 Å². The van der Waals surface area contributed by atoms with Crippen molar-refractivity contribution >= 4 is 17.7 Å². The Bertz CT molecular complexity index is 865. The molecule has 1 aromatic carbocycles. The number of amides is 1. The summed E-state index contributed by atoms with van der Waals surface area (Å²) in [6.07, 6.45) is 8.45. The predicted octanol–water partition coefficient (Wildman–Crippen LogP) is 4.47. The van der Waals surface area contributed by atoms with Crippen molar-refractivity contribution in [1.29, 1.82) is 0 Å². The van der Waals surface area contributed by atoms with Crippen molar-refractivity contribution in [2.24, 2.45) is 0 Å². The van der Waals surface area contributed by atoms with Crippen molar-refractivity contribution < 1.29 is 4.79 Å². The monoisotopic (exact) mass is 394 g/mol. The number of benzene rings is 1. The Hall–Kier alpha value is -2.60. The van der Waals surface area contributed by atoms with Gasteiger partial charge in [0, 0.05) is 48.4 Å². The van der Waals surface area contributed by atoms with Crippen LogP contribution in [0.3, 0.4) is 0 Å². The van der Waals surface area contributed by atoms with Gasteiger partial charge in [0.05, 0.1) is 11.4 Å². The van der Waals surface area contributed by atoms with Crippen LogP contribution < -0.4 is 5.32 Å². The van der Waals surface area contributed by atoms with Crippen molar-refractivity contribution in [1.82, 2.24) is 20.1 Å². The van der Waals surface area contributed by atoms with E-state index in [1.807, 2.05) is 65.1 Å². The van der Waals surface area contributed by atoms with Gasteiger partial charge in [0.25, 0.3) is 0 Å². The molecule has 1 amide bonds. The van der Waals surface area contributed by atoms with Crippen LogP contribution in [-0.4, -0.2) is 32.2 Å². The fraction of sp³-hybridized carbons (Fsp3) is 0.318. The maximum Gasteiger partial charge on any atom is 0.221 e. The Labute approximate surface area is 170 Å². The second-order valence-corrected chi connectivity index (χ2v) is 7.74. The van der Waals surface area contributed by atoms with Crippen LogP contribution in [0.15, 0.2) is 61.1 Å². The summed E-state index contributed by atoms with van der Waals surface area (Å²) in [5.41, 5.74) is 3.83. The summed E-state index contributed by atoms with van der Waals surface area (Å²) in [5.74, 6) is 2.07. The highest BCUT2D eigenvalue weighted by Gasteiger charge is 2.13. The van der Waals surface area contributed by atoms with Gasteiger partial charge >= 0.3 is 0 Å². The highest BCUT2D eigenvalue weighted by molar-refractivity contribution is 7.99. The summed E-state index contributed by atoms with van der Waals surface area (Å²) < 4.78 is 1.86. The number of hydrogen-bond acceptors (Lipinski definition) is 4. The molecule has 0 atom stereocenters. The molecule has 0 radical (unpaired) electrons. The van der Waals surface area contributed by atoms with Crippen LogP contribution in [0.4, 0.5) is 0 Å². The topological polar surface area (TPSA) is 59.8 Å². The van der Waals surface area contributed by atoms with E-state index in [1.165, 1.54) is 12.8 Å². The fourth-order valence-corrected chi connectivity index (χ4v) is 3.83. The number of carbonyl (C=O) groups is 1. The minimum atomic E-state index is 0.0807. The van der Waals surface area contributed by atoms with E-state index in [0.29, 0.717) is 13.0 Å². The highest BCUT2D eigenvalue weighted by atomic mass is 32.2. The van der Waals surface area contributed by atoms with Crippen LogP contribution in [0.1, 0.15) is 31.7 Å². The lowest BCUT2D eigenvalue weighted by Crippen LogP contribution is -2.23. The Morgan fingerprint density at radius 3 is 2.64 bits per heavy atom. The first-order valence-electron chi connectivity index (χ1n) is 9.66. The molecule has 0 saturated carbocycles. The number of thioether (sulfide) groups is 1. The smallest absolute Gasteiger partial charge is 0.221 e. The Morgan fingerprint density at radius 2 is 1.89 bits per heavy atom. The van der Waals surface area contributed by atoms with Crippen molar-refractivity contribution in [3.63, 3.8) is 0 Å². The number of nitrogens with zero attached hydrogens (tertiary/aromatic N) is 3. The minimum Gasteiger partial charge on any atom is -0.352 e. The molecule has 0 fully saturated rings. The molecule has 3 aromatic rings. The van der Waals surface area contributed by atoms with Gasteiger partial charge in [-0.2, -0.15) is 16.9 Å². The second kappa shape index (κ2) is 10.7. The van der Waals surface area contributed by atoms with Crippen LogP contribution in [0.25, 0.3) is 16.9 Å². The molecule has 5 nitrogen and oxygen atoms in total. The summed E-state index contributed by atoms with van der Waals surface area (Å²) in [6.45, 7) is 2.65. The number of unbranched alkanes of at least 4 members (excludes halogenated alkanes) is 1. The maximum atomic E-state index is 12.2. The third-order valence-electron chi connectivity index (χ3n) is 4.36. The molecule has 2 aromatic heterocycles. The first kappa shape index (κ1) is 20.1. The van der Waals surface area contributed by atoms with Crippen molar-refractivity contribution in [2.45, 2.75) is 32.7 Å². The third-order valence-corrected chi connectivity index (χ3v) is 5.43. The number of pyridine rings is 1. The van der Waals surface area contributed by atoms with E-state index < -0.39 is 0 Å². The zero-order valence-corrected chi connectivity index (χ0v) is 17.0. The molecule has 0 spiro atoms. The van der Waals surface area contributed by atoms with Crippen molar-refractivity contribution in [2.75, 3.05) is 11.5 Å². The van der Waals surface area contributed by atoms with Gasteiger partial charge in [-0.15, -0.1) is 0 Å². The minimum absolute atomic E-state index is 0.0807. The molecule has 2 heterocycles. The van der Waals surface area contributed by atoms with Gasteiger partial charge in [-0.3, -0.25) is 9.78 Å². The Morgan fingerprint density at radius 1 is 1.11 bits per heavy atom. The molecule has 146 valence electrons. The standard InChI is InChI=1S/C22H26N4OS/c1-2-3-14-28-15-11-21(27)24-16-19-17-26(20-7-5-4-6-8-20)25-22(19)18-9-12-23-13-10-18/h4-10,12-13,17H,2-3,11,14-16H2,1H3,(H,24,27). The summed E-state index contributed by atoms with van der Waals surface area (Å²) in [6, 6.07) is 13.9. The molecule has 6 heteroatoms. The number of aromatic nitrogens is 3. The van der Waals surface area contributed by atoms with Crippen LogP contribution in [0.5, 0.6) is 0 Å². The molecular formula is C22H26N4OS. The first-order chi connectivity index (χ1) is 13.8. The lowest BCUT2D eigenvalue weighted by molar-refractivity contribution is -0.120. The lowest BCUT2D eigenvalue weighted by atomic mass is 10.1. The average Bonchev–Trinajstić information content (AvgIpc) is 3.18. The van der Waals surface area contributed by atoms with E-state index in [9.17, 15) is 4.79 Å². The summed E-state index contributed by atoms with van der Waals surface area (Å²) >= 11 is 1.85. The van der Waals surface area contributed by atoms with Crippen LogP contribution in [-0.2, 0) is 11.3 Å². The predicted molar refractivity (Wildman–Crippen MR) is 115 cm³/mol. The molecule has 1 N–H and O–H groups in total. The summed E-state index contributed by atoms with van der Waals surface area (Å²) in [5, 5.41) is 7.80. The highest BCUT2D eigenvalue weighted by Crippen LogP contribution is 2.23. The zero-order valence-electron chi connectivity index (χ0n) is 16.2. The molecule has 0 bridgehead atoms. The maximum absolute atomic E-state index is 12.2. The van der Waals surface area contributed by atoms with Gasteiger partial charge in [0.2, 0.25) is 5.91 Å². The summed E-state index contributed by atoms with van der Waals surface area (Å²) in [7, 11) is 0. The van der Waals surface area contributed by atoms with Crippen LogP contribution >= 0.6 is 11.8 Å². The quantitative estimate of drug-likeness (QED) is 0.515. The van der Waals surface area contributed by atoms with Gasteiger partial charge in [-0.05, 0) is 36.4 Å². The number of para-hydroxylation sites is 1. The first-order valence-corrected chi connectivity index (χ1v) is 10.8. The van der Waals surface area contributed by atoms with E-state index in [-0.39, 0.29) is 5.91 Å². The third kappa shape index (κ3) is 5.70. The number of hydrogen-bond donors (Lipinski definition) is 1. The van der Waals surface area contributed by atoms with Crippen LogP contribution in [0.2, 0.25) is 0 Å². The van der Waals surface area contributed by atoms with Gasteiger partial charge in [-0.25, -0.2) is 4.68 Å². The molecule has 0 aliphatic heterocycles. The van der Waals surface area contributed by atoms with E-state index >= 15 is 0 Å². The number of rotatable bonds is 10. The molecule has 0 unspecified atom stereocenters. The Kier molecular flexibility index (Phi) is 7.67. The molecule has 0 aliphatic carbocycles. The largest absolute Gasteiger partial charge is 0.352 e. The van der Waals surface area contributed by atoms with Gasteiger partial charge in [-0.1, -0.05) is 31.5 Å². The SMILES string of the molecule is CCCCSCCC(=O)NCc1cn(-c2ccccc2)nc1-c1ccncc1. The summed E-state index contributed by atoms with van der Waals surface area (Å²) in [4.78, 5) is 16.3. The van der Waals surface area contributed by atoms with Crippen molar-refractivity contribution in [3.8, 4) is 16.9 Å². The molecule has 28 heavy (non-hydrogen) atoms. The lowest BCUT2D eigenvalue weighted by Gasteiger charge is -2.06. The van der Waals surface area contributed by atoms with Gasteiger partial charge < -0.3 is 5.32 Å². The van der Waals surface area contributed by atoms with E-state index in [0.717, 1.165) is 34.0 Å². The normalized spacial score (nSPS) is 10.8. The average molecular weight is 395 g/mol. The van der Waals surface area contributed by atoms with Crippen LogP contribution in [0, 0.1) is 0 Å². The van der Waals surface area contributed by atoms with Gasteiger partial charge in [0.15, 0.2) is 0 Å². The zero-order chi connectivity index (χ0) is 19.6. The van der Waals surface area contributed by atoms with E-state index in [4.69, 9.17) is 5.10 Å².